The third-order valence-corrected chi connectivity index (χ3v) is 5.23. The number of amides is 1. The topological polar surface area (TPSA) is 83.1 Å². The standard InChI is InChI=1S/C18H30NO6P/c1-12(2)24-26(21,25-13(3)4)16-14(10-9-11-15(16)22-8)19-17(20)23-18(5,6)7/h9-13H,1-8H3,(H,19,20). The van der Waals surface area contributed by atoms with E-state index in [1.54, 1.807) is 66.7 Å². The summed E-state index contributed by atoms with van der Waals surface area (Å²) in [5, 5.41) is 2.78. The van der Waals surface area contributed by atoms with Crippen LogP contribution in [-0.4, -0.2) is 31.0 Å². The summed E-state index contributed by atoms with van der Waals surface area (Å²) >= 11 is 0. The van der Waals surface area contributed by atoms with Crippen molar-refractivity contribution in [2.75, 3.05) is 12.4 Å². The Morgan fingerprint density at radius 2 is 1.62 bits per heavy atom. The molecular weight excluding hydrogens is 357 g/mol. The average molecular weight is 387 g/mol. The number of anilines is 1. The summed E-state index contributed by atoms with van der Waals surface area (Å²) in [4.78, 5) is 12.2. The molecule has 1 N–H and O–H groups in total. The zero-order chi connectivity index (χ0) is 20.1. The first-order chi connectivity index (χ1) is 11.9. The molecule has 7 nitrogen and oxygen atoms in total. The van der Waals surface area contributed by atoms with E-state index in [4.69, 9.17) is 18.5 Å². The molecule has 0 radical (unpaired) electrons. The molecule has 0 spiro atoms. The van der Waals surface area contributed by atoms with Gasteiger partial charge in [-0.2, -0.15) is 0 Å². The molecule has 1 amide bonds. The highest BCUT2D eigenvalue weighted by atomic mass is 31.2. The van der Waals surface area contributed by atoms with Crippen LogP contribution in [0.2, 0.25) is 0 Å². The molecule has 0 aromatic heterocycles. The second-order valence-electron chi connectivity index (χ2n) is 7.29. The lowest BCUT2D eigenvalue weighted by Gasteiger charge is -2.26. The zero-order valence-electron chi connectivity index (χ0n) is 16.8. The third kappa shape index (κ3) is 6.63. The Morgan fingerprint density at radius 3 is 2.04 bits per heavy atom. The predicted octanol–water partition coefficient (Wildman–Crippen LogP) is 4.71. The molecule has 8 heteroatoms. The van der Waals surface area contributed by atoms with Gasteiger partial charge < -0.3 is 18.5 Å². The Kier molecular flexibility index (Phi) is 7.69. The van der Waals surface area contributed by atoms with Crippen molar-refractivity contribution in [3.63, 3.8) is 0 Å². The summed E-state index contributed by atoms with van der Waals surface area (Å²) in [6, 6.07) is 4.90. The minimum absolute atomic E-state index is 0.163. The molecule has 0 aliphatic rings. The number of rotatable bonds is 7. The normalized spacial score (nSPS) is 12.4. The molecule has 148 valence electrons. The van der Waals surface area contributed by atoms with Crippen molar-refractivity contribution in [1.82, 2.24) is 0 Å². The number of carbonyl (C=O) groups is 1. The van der Waals surface area contributed by atoms with Gasteiger partial charge in [0.05, 0.1) is 25.0 Å². The number of nitrogens with one attached hydrogen (secondary N) is 1. The van der Waals surface area contributed by atoms with Gasteiger partial charge in [-0.25, -0.2) is 4.79 Å². The largest absolute Gasteiger partial charge is 0.496 e. The van der Waals surface area contributed by atoms with Crippen molar-refractivity contribution in [3.8, 4) is 5.75 Å². The van der Waals surface area contributed by atoms with E-state index in [0.29, 0.717) is 5.75 Å². The first kappa shape index (κ1) is 22.5. The van der Waals surface area contributed by atoms with E-state index in [1.165, 1.54) is 7.11 Å². The molecule has 0 saturated carbocycles. The SMILES string of the molecule is COc1cccc(NC(=O)OC(C)(C)C)c1P(=O)(OC(C)C)OC(C)C. The van der Waals surface area contributed by atoms with Gasteiger partial charge >= 0.3 is 13.7 Å². The van der Waals surface area contributed by atoms with E-state index in [-0.39, 0.29) is 23.2 Å². The molecule has 0 aliphatic heterocycles. The van der Waals surface area contributed by atoms with Gasteiger partial charge in [-0.05, 0) is 60.6 Å². The Morgan fingerprint density at radius 1 is 1.08 bits per heavy atom. The van der Waals surface area contributed by atoms with Crippen molar-refractivity contribution in [2.24, 2.45) is 0 Å². The van der Waals surface area contributed by atoms with Gasteiger partial charge in [-0.1, -0.05) is 6.07 Å². The van der Waals surface area contributed by atoms with Gasteiger partial charge in [0.15, 0.2) is 0 Å². The second kappa shape index (κ2) is 8.89. The highest BCUT2D eigenvalue weighted by Crippen LogP contribution is 2.53. The summed E-state index contributed by atoms with van der Waals surface area (Å²) in [5.41, 5.74) is -0.418. The number of methoxy groups -OCH3 is 1. The van der Waals surface area contributed by atoms with Crippen LogP contribution >= 0.6 is 7.60 Å². The lowest BCUT2D eigenvalue weighted by Crippen LogP contribution is -2.29. The first-order valence-electron chi connectivity index (χ1n) is 8.52. The molecule has 0 bridgehead atoms. The third-order valence-electron chi connectivity index (χ3n) is 2.83. The Hall–Kier alpha value is -1.56. The minimum Gasteiger partial charge on any atom is -0.496 e. The van der Waals surface area contributed by atoms with Gasteiger partial charge in [0, 0.05) is 0 Å². The Labute approximate surface area is 155 Å². The van der Waals surface area contributed by atoms with E-state index >= 15 is 0 Å². The minimum atomic E-state index is -3.78. The van der Waals surface area contributed by atoms with Crippen molar-refractivity contribution < 1.29 is 27.9 Å². The Bertz CT molecular complexity index is 652. The van der Waals surface area contributed by atoms with Gasteiger partial charge in [0.25, 0.3) is 0 Å². The molecule has 0 aliphatic carbocycles. The zero-order valence-corrected chi connectivity index (χ0v) is 17.7. The number of hydrogen-bond donors (Lipinski definition) is 1. The van der Waals surface area contributed by atoms with Crippen LogP contribution in [0.25, 0.3) is 0 Å². The maximum atomic E-state index is 13.6. The lowest BCUT2D eigenvalue weighted by atomic mass is 10.2. The van der Waals surface area contributed by atoms with Crippen molar-refractivity contribution in [3.05, 3.63) is 18.2 Å². The molecular formula is C18H30NO6P. The summed E-state index contributed by atoms with van der Waals surface area (Å²) in [5.74, 6) is 0.295. The number of carbonyl (C=O) groups excluding carboxylic acids is 1. The second-order valence-corrected chi connectivity index (χ2v) is 9.15. The van der Waals surface area contributed by atoms with Crippen LogP contribution in [0.15, 0.2) is 18.2 Å². The van der Waals surface area contributed by atoms with Gasteiger partial charge in [-0.15, -0.1) is 0 Å². The quantitative estimate of drug-likeness (QED) is 0.682. The predicted molar refractivity (Wildman–Crippen MR) is 103 cm³/mol. The highest BCUT2D eigenvalue weighted by Gasteiger charge is 2.37. The van der Waals surface area contributed by atoms with E-state index in [0.717, 1.165) is 0 Å². The molecule has 1 rings (SSSR count). The molecule has 26 heavy (non-hydrogen) atoms. The van der Waals surface area contributed by atoms with Crippen LogP contribution in [-0.2, 0) is 18.3 Å². The average Bonchev–Trinajstić information content (AvgIpc) is 2.42. The van der Waals surface area contributed by atoms with Crippen molar-refractivity contribution in [1.29, 1.82) is 0 Å². The van der Waals surface area contributed by atoms with Crippen molar-refractivity contribution in [2.45, 2.75) is 66.3 Å². The molecule has 0 saturated heterocycles. The summed E-state index contributed by atoms with van der Waals surface area (Å²) in [7, 11) is -2.33. The first-order valence-corrected chi connectivity index (χ1v) is 10.1. The number of benzene rings is 1. The maximum Gasteiger partial charge on any atom is 0.412 e. The fourth-order valence-electron chi connectivity index (χ4n) is 2.17. The van der Waals surface area contributed by atoms with Crippen LogP contribution in [0, 0.1) is 0 Å². The smallest absolute Gasteiger partial charge is 0.412 e. The van der Waals surface area contributed by atoms with Crippen molar-refractivity contribution >= 4 is 24.7 Å². The van der Waals surface area contributed by atoms with E-state index in [2.05, 4.69) is 5.32 Å². The highest BCUT2D eigenvalue weighted by molar-refractivity contribution is 7.62. The van der Waals surface area contributed by atoms with E-state index < -0.39 is 19.3 Å². The summed E-state index contributed by atoms with van der Waals surface area (Å²) in [6.07, 6.45) is -1.40. The van der Waals surface area contributed by atoms with E-state index in [9.17, 15) is 9.36 Å². The van der Waals surface area contributed by atoms with Crippen LogP contribution in [0.5, 0.6) is 5.75 Å². The fraction of sp³-hybridized carbons (Fsp3) is 0.611. The van der Waals surface area contributed by atoms with Crippen LogP contribution in [0.4, 0.5) is 10.5 Å². The fourth-order valence-corrected chi connectivity index (χ4v) is 4.40. The molecule has 0 heterocycles. The molecule has 0 fully saturated rings. The number of ether oxygens (including phenoxy) is 2. The van der Waals surface area contributed by atoms with Crippen LogP contribution in [0.1, 0.15) is 48.5 Å². The molecule has 0 atom stereocenters. The van der Waals surface area contributed by atoms with Crippen LogP contribution < -0.4 is 15.4 Å². The van der Waals surface area contributed by atoms with Gasteiger partial charge in [-0.3, -0.25) is 9.88 Å². The maximum absolute atomic E-state index is 13.6. The van der Waals surface area contributed by atoms with Crippen LogP contribution in [0.3, 0.4) is 0 Å². The number of hydrogen-bond acceptors (Lipinski definition) is 6. The Balaban J connectivity index is 3.41. The van der Waals surface area contributed by atoms with E-state index in [1.807, 2.05) is 0 Å². The van der Waals surface area contributed by atoms with Gasteiger partial charge in [0.2, 0.25) is 0 Å². The monoisotopic (exact) mass is 387 g/mol. The summed E-state index contributed by atoms with van der Waals surface area (Å²) < 4.78 is 35.5. The summed E-state index contributed by atoms with van der Waals surface area (Å²) in [6.45, 7) is 12.3. The molecule has 1 aromatic rings. The molecule has 0 unspecified atom stereocenters. The lowest BCUT2D eigenvalue weighted by molar-refractivity contribution is 0.0636. The molecule has 1 aromatic carbocycles. The van der Waals surface area contributed by atoms with Gasteiger partial charge in [0.1, 0.15) is 16.7 Å².